The minimum Gasteiger partial charge on any atom is -0.480 e. The summed E-state index contributed by atoms with van der Waals surface area (Å²) in [6, 6.07) is 0. The average Bonchev–Trinajstić information content (AvgIpc) is 2.19. The van der Waals surface area contributed by atoms with E-state index >= 15 is 0 Å². The zero-order chi connectivity index (χ0) is 9.68. The van der Waals surface area contributed by atoms with E-state index in [2.05, 4.69) is 16.9 Å². The first kappa shape index (κ1) is 10.3. The molecule has 0 spiro atoms. The van der Waals surface area contributed by atoms with Crippen molar-refractivity contribution in [2.75, 3.05) is 7.11 Å². The predicted octanol–water partition coefficient (Wildman–Crippen LogP) is 1.02. The fourth-order valence-corrected chi connectivity index (χ4v) is 1.16. The molecule has 0 saturated carbocycles. The summed E-state index contributed by atoms with van der Waals surface area (Å²) in [5.41, 5.74) is 0.936. The van der Waals surface area contributed by atoms with Crippen molar-refractivity contribution in [1.82, 2.24) is 9.97 Å². The monoisotopic (exact) mass is 199 g/mol. The van der Waals surface area contributed by atoms with Gasteiger partial charge in [-0.3, -0.25) is 10.1 Å². The summed E-state index contributed by atoms with van der Waals surface area (Å²) in [7, 11) is 1.57. The maximum Gasteiger partial charge on any atom is 0.231 e. The lowest BCUT2D eigenvalue weighted by Crippen LogP contribution is -2.06. The van der Waals surface area contributed by atoms with Gasteiger partial charge in [0.1, 0.15) is 0 Å². The highest BCUT2D eigenvalue weighted by molar-refractivity contribution is 7.97. The first-order chi connectivity index (χ1) is 6.26. The fraction of sp³-hybridized carbons (Fsp3) is 0.500. The van der Waals surface area contributed by atoms with Crippen LogP contribution in [0, 0.1) is 0 Å². The van der Waals surface area contributed by atoms with Crippen molar-refractivity contribution in [3.8, 4) is 5.88 Å². The molecule has 0 aliphatic heterocycles. The lowest BCUT2D eigenvalue weighted by atomic mass is 10.2. The number of nitrogens with zero attached hydrogens (tertiary/aromatic N) is 2. The summed E-state index contributed by atoms with van der Waals surface area (Å²) in [5.74, 6) is 0.539. The first-order valence-corrected chi connectivity index (χ1v) is 4.91. The number of hydrogen-bond acceptors (Lipinski definition) is 5. The maximum atomic E-state index is 5.42. The number of ether oxygens (including phenoxy) is 1. The van der Waals surface area contributed by atoms with Gasteiger partial charge in [0.2, 0.25) is 5.88 Å². The summed E-state index contributed by atoms with van der Waals surface area (Å²) in [4.78, 5) is 8.23. The van der Waals surface area contributed by atoms with Gasteiger partial charge in [-0.2, -0.15) is 0 Å². The van der Waals surface area contributed by atoms with Crippen molar-refractivity contribution in [3.05, 3.63) is 18.1 Å². The third-order valence-corrected chi connectivity index (χ3v) is 2.25. The van der Waals surface area contributed by atoms with Gasteiger partial charge in [0.05, 0.1) is 25.2 Å². The molecule has 0 saturated heterocycles. The largest absolute Gasteiger partial charge is 0.480 e. The molecule has 1 atom stereocenters. The Labute approximate surface area is 82.0 Å². The third-order valence-electron chi connectivity index (χ3n) is 1.62. The van der Waals surface area contributed by atoms with Crippen LogP contribution < -0.4 is 9.88 Å². The predicted molar refractivity (Wildman–Crippen MR) is 53.5 cm³/mol. The molecule has 5 heteroatoms. The molecule has 0 fully saturated rings. The zero-order valence-corrected chi connectivity index (χ0v) is 8.54. The minimum absolute atomic E-state index is 0.364. The smallest absolute Gasteiger partial charge is 0.231 e. The highest BCUT2D eigenvalue weighted by Crippen LogP contribution is 2.09. The van der Waals surface area contributed by atoms with Crippen molar-refractivity contribution < 1.29 is 4.74 Å². The molecule has 0 aliphatic carbocycles. The number of hydrogen-bond donors (Lipinski definition) is 1. The first-order valence-electron chi connectivity index (χ1n) is 3.96. The second-order valence-electron chi connectivity index (χ2n) is 2.70. The van der Waals surface area contributed by atoms with Crippen molar-refractivity contribution >= 4 is 11.9 Å². The Balaban J connectivity index is 2.58. The molecule has 1 aromatic rings. The van der Waals surface area contributed by atoms with Crippen molar-refractivity contribution in [2.45, 2.75) is 18.6 Å². The SMILES string of the molecule is COc1cnc(CC(C)SN)cn1. The standard InChI is InChI=1S/C8H13N3OS/c1-6(13-9)3-7-4-11-8(12-2)5-10-7/h4-6H,3,9H2,1-2H3. The second-order valence-corrected chi connectivity index (χ2v) is 3.78. The van der Waals surface area contributed by atoms with Gasteiger partial charge >= 0.3 is 0 Å². The van der Waals surface area contributed by atoms with Crippen LogP contribution >= 0.6 is 11.9 Å². The molecule has 13 heavy (non-hydrogen) atoms. The van der Waals surface area contributed by atoms with E-state index in [9.17, 15) is 0 Å². The normalized spacial score (nSPS) is 12.5. The molecule has 4 nitrogen and oxygen atoms in total. The Bertz CT molecular complexity index is 252. The van der Waals surface area contributed by atoms with E-state index in [1.807, 2.05) is 0 Å². The zero-order valence-electron chi connectivity index (χ0n) is 7.73. The average molecular weight is 199 g/mol. The van der Waals surface area contributed by atoms with Crippen LogP contribution in [0.4, 0.5) is 0 Å². The number of nitrogens with two attached hydrogens (primary N) is 1. The Kier molecular flexibility index (Phi) is 3.98. The Morgan fingerprint density at radius 3 is 2.77 bits per heavy atom. The molecule has 0 aliphatic rings. The van der Waals surface area contributed by atoms with Crippen LogP contribution in [0.5, 0.6) is 5.88 Å². The van der Waals surface area contributed by atoms with E-state index in [4.69, 9.17) is 9.88 Å². The third kappa shape index (κ3) is 3.20. The van der Waals surface area contributed by atoms with E-state index in [0.717, 1.165) is 12.1 Å². The van der Waals surface area contributed by atoms with E-state index in [1.165, 1.54) is 11.9 Å². The van der Waals surface area contributed by atoms with Gasteiger partial charge in [-0.1, -0.05) is 18.9 Å². The number of methoxy groups -OCH3 is 1. The Hall–Kier alpha value is -0.810. The van der Waals surface area contributed by atoms with Crippen LogP contribution in [-0.2, 0) is 6.42 Å². The quantitative estimate of drug-likeness (QED) is 0.734. The van der Waals surface area contributed by atoms with Crippen LogP contribution in [0.25, 0.3) is 0 Å². The van der Waals surface area contributed by atoms with E-state index in [0.29, 0.717) is 11.1 Å². The number of rotatable bonds is 4. The van der Waals surface area contributed by atoms with Gasteiger partial charge in [-0.25, -0.2) is 4.98 Å². The van der Waals surface area contributed by atoms with Crippen LogP contribution in [0.3, 0.4) is 0 Å². The molecule has 0 aromatic carbocycles. The van der Waals surface area contributed by atoms with Crippen LogP contribution in [-0.4, -0.2) is 22.3 Å². The molecule has 1 aromatic heterocycles. The van der Waals surface area contributed by atoms with Gasteiger partial charge in [0.15, 0.2) is 0 Å². The summed E-state index contributed by atoms with van der Waals surface area (Å²) >= 11 is 1.33. The molecular formula is C8H13N3OS. The Morgan fingerprint density at radius 2 is 2.31 bits per heavy atom. The van der Waals surface area contributed by atoms with E-state index in [-0.39, 0.29) is 0 Å². The molecule has 72 valence electrons. The molecule has 0 bridgehead atoms. The molecule has 0 radical (unpaired) electrons. The summed E-state index contributed by atoms with van der Waals surface area (Å²) in [6.45, 7) is 2.05. The molecule has 0 amide bonds. The molecule has 1 unspecified atom stereocenters. The summed E-state index contributed by atoms with van der Waals surface area (Å²) in [6.07, 6.45) is 4.16. The minimum atomic E-state index is 0.364. The molecule has 2 N–H and O–H groups in total. The lowest BCUT2D eigenvalue weighted by Gasteiger charge is -2.06. The Morgan fingerprint density at radius 1 is 1.54 bits per heavy atom. The summed E-state index contributed by atoms with van der Waals surface area (Å²) in [5, 5.41) is 5.78. The lowest BCUT2D eigenvalue weighted by molar-refractivity contribution is 0.395. The maximum absolute atomic E-state index is 5.42. The van der Waals surface area contributed by atoms with Crippen LogP contribution in [0.2, 0.25) is 0 Å². The molecule has 1 rings (SSSR count). The van der Waals surface area contributed by atoms with Crippen molar-refractivity contribution in [2.24, 2.45) is 5.14 Å². The van der Waals surface area contributed by atoms with Crippen molar-refractivity contribution in [1.29, 1.82) is 0 Å². The van der Waals surface area contributed by atoms with Gasteiger partial charge in [-0.05, 0) is 0 Å². The summed E-state index contributed by atoms with van der Waals surface area (Å²) < 4.78 is 4.90. The van der Waals surface area contributed by atoms with Gasteiger partial charge in [0, 0.05) is 11.7 Å². The topological polar surface area (TPSA) is 61.0 Å². The van der Waals surface area contributed by atoms with Gasteiger partial charge in [0.25, 0.3) is 0 Å². The van der Waals surface area contributed by atoms with Crippen molar-refractivity contribution in [3.63, 3.8) is 0 Å². The van der Waals surface area contributed by atoms with E-state index in [1.54, 1.807) is 19.5 Å². The van der Waals surface area contributed by atoms with Gasteiger partial charge in [-0.15, -0.1) is 0 Å². The highest BCUT2D eigenvalue weighted by Gasteiger charge is 2.03. The van der Waals surface area contributed by atoms with E-state index < -0.39 is 0 Å². The van der Waals surface area contributed by atoms with Gasteiger partial charge < -0.3 is 4.74 Å². The number of aromatic nitrogens is 2. The highest BCUT2D eigenvalue weighted by atomic mass is 32.2. The molecule has 1 heterocycles. The molecular weight excluding hydrogens is 186 g/mol. The fourth-order valence-electron chi connectivity index (χ4n) is 0.896. The van der Waals surface area contributed by atoms with Crippen LogP contribution in [0.15, 0.2) is 12.4 Å². The van der Waals surface area contributed by atoms with Crippen LogP contribution in [0.1, 0.15) is 12.6 Å². The second kappa shape index (κ2) is 5.04.